The summed E-state index contributed by atoms with van der Waals surface area (Å²) < 4.78 is 0. The molecule has 1 aromatic rings. The molecular formula is C17H15N3O4. The Labute approximate surface area is 137 Å². The summed E-state index contributed by atoms with van der Waals surface area (Å²) in [5, 5.41) is 11.3. The van der Waals surface area contributed by atoms with Crippen molar-refractivity contribution >= 4 is 30.2 Å². The van der Waals surface area contributed by atoms with E-state index in [4.69, 9.17) is 5.11 Å². The van der Waals surface area contributed by atoms with Gasteiger partial charge in [-0.05, 0) is 29.7 Å². The number of benzene rings is 1. The molecule has 0 saturated heterocycles. The summed E-state index contributed by atoms with van der Waals surface area (Å²) >= 11 is 0. The van der Waals surface area contributed by atoms with Crippen molar-refractivity contribution in [1.29, 1.82) is 0 Å². The summed E-state index contributed by atoms with van der Waals surface area (Å²) in [5.74, 6) is -1.17. The van der Waals surface area contributed by atoms with E-state index in [-0.39, 0.29) is 23.7 Å². The van der Waals surface area contributed by atoms with Crippen LogP contribution in [0.25, 0.3) is 0 Å². The van der Waals surface area contributed by atoms with Crippen LogP contribution in [-0.4, -0.2) is 41.4 Å². The van der Waals surface area contributed by atoms with E-state index in [9.17, 15) is 14.4 Å². The Bertz CT molecular complexity index is 791. The molecule has 2 heterocycles. The Hall–Kier alpha value is -3.09. The molecule has 1 atom stereocenters. The highest BCUT2D eigenvalue weighted by atomic mass is 16.4. The van der Waals surface area contributed by atoms with E-state index in [1.165, 1.54) is 18.5 Å². The molecule has 2 aliphatic rings. The number of fused-ring (bicyclic) bond motifs is 1. The number of nitrogens with one attached hydrogen (secondary N) is 1. The van der Waals surface area contributed by atoms with Gasteiger partial charge in [0.25, 0.3) is 5.91 Å². The topological polar surface area (TPSA) is 108 Å². The lowest BCUT2D eigenvalue weighted by atomic mass is 10.0. The summed E-state index contributed by atoms with van der Waals surface area (Å²) in [6.07, 6.45) is 3.99. The van der Waals surface area contributed by atoms with Gasteiger partial charge in [-0.3, -0.25) is 14.6 Å². The average molecular weight is 325 g/mol. The van der Waals surface area contributed by atoms with Crippen LogP contribution < -0.4 is 5.32 Å². The molecular weight excluding hydrogens is 310 g/mol. The third kappa shape index (κ3) is 3.29. The van der Waals surface area contributed by atoms with Crippen LogP contribution in [0.2, 0.25) is 0 Å². The number of allylic oxidation sites excluding steroid dienone is 1. The van der Waals surface area contributed by atoms with Crippen molar-refractivity contribution in [2.45, 2.75) is 25.3 Å². The molecule has 2 N–H and O–H groups in total. The first-order valence-corrected chi connectivity index (χ1v) is 7.47. The minimum Gasteiger partial charge on any atom is -0.478 e. The van der Waals surface area contributed by atoms with Crippen LogP contribution in [-0.2, 0) is 16.0 Å². The van der Waals surface area contributed by atoms with E-state index < -0.39 is 12.0 Å². The number of carboxylic acid groups (broad SMARTS) is 1. The third-order valence-corrected chi connectivity index (χ3v) is 3.90. The van der Waals surface area contributed by atoms with Crippen molar-refractivity contribution in [2.24, 2.45) is 9.98 Å². The fourth-order valence-corrected chi connectivity index (χ4v) is 2.61. The molecule has 0 unspecified atom stereocenters. The van der Waals surface area contributed by atoms with Gasteiger partial charge in [-0.2, -0.15) is 0 Å². The molecule has 7 heteroatoms. The second-order valence-electron chi connectivity index (χ2n) is 5.58. The molecule has 24 heavy (non-hydrogen) atoms. The van der Waals surface area contributed by atoms with E-state index in [1.807, 2.05) is 0 Å². The van der Waals surface area contributed by atoms with Crippen LogP contribution in [0.15, 0.2) is 45.5 Å². The molecule has 7 nitrogen and oxygen atoms in total. The number of aliphatic imine (C=N–C) groups is 2. The zero-order valence-corrected chi connectivity index (χ0v) is 12.7. The van der Waals surface area contributed by atoms with Gasteiger partial charge >= 0.3 is 5.97 Å². The summed E-state index contributed by atoms with van der Waals surface area (Å²) in [7, 11) is 0. The Morgan fingerprint density at radius 3 is 2.67 bits per heavy atom. The van der Waals surface area contributed by atoms with Gasteiger partial charge in [0.15, 0.2) is 6.04 Å². The molecule has 0 radical (unpaired) electrons. The quantitative estimate of drug-likeness (QED) is 0.817. The highest BCUT2D eigenvalue weighted by Crippen LogP contribution is 2.24. The second kappa shape index (κ2) is 6.57. The highest BCUT2D eigenvalue weighted by Gasteiger charge is 2.30. The lowest BCUT2D eigenvalue weighted by molar-refractivity contribution is -0.120. The monoisotopic (exact) mass is 325 g/mol. The third-order valence-electron chi connectivity index (χ3n) is 3.90. The van der Waals surface area contributed by atoms with Gasteiger partial charge in [-0.25, -0.2) is 9.79 Å². The standard InChI is InChI=1S/C17H15N3O4/c21-13(7-10-1-3-11(4-2-10)17(23)24)6-5-12-8-18-15-14(12)19-9-20-16(15)22/h1-4,8-9,15H,5-7H2,(H,23,24)(H,19,20,22)/t15-/m0/s1. The number of nitrogens with zero attached hydrogens (tertiary/aromatic N) is 2. The molecule has 1 amide bonds. The number of carboxylic acids is 1. The highest BCUT2D eigenvalue weighted by molar-refractivity contribution is 6.02. The number of carbonyl (C=O) groups is 3. The second-order valence-corrected chi connectivity index (χ2v) is 5.58. The lowest BCUT2D eigenvalue weighted by Crippen LogP contribution is -2.36. The SMILES string of the molecule is O=C(CCC1=C2N=CNC(=O)[C@H]2N=C1)Cc1ccc(C(=O)O)cc1. The molecule has 2 aliphatic heterocycles. The first-order chi connectivity index (χ1) is 11.5. The van der Waals surface area contributed by atoms with Crippen LogP contribution in [0.4, 0.5) is 0 Å². The Balaban J connectivity index is 1.58. The zero-order chi connectivity index (χ0) is 17.1. The lowest BCUT2D eigenvalue weighted by Gasteiger charge is -2.13. The molecule has 1 aromatic carbocycles. The Morgan fingerprint density at radius 2 is 1.96 bits per heavy atom. The molecule has 0 saturated carbocycles. The zero-order valence-electron chi connectivity index (χ0n) is 12.7. The number of ketones is 1. The Kier molecular flexibility index (Phi) is 4.33. The molecule has 0 bridgehead atoms. The molecule has 0 fully saturated rings. The van der Waals surface area contributed by atoms with Crippen LogP contribution in [0.1, 0.15) is 28.8 Å². The van der Waals surface area contributed by atoms with Gasteiger partial charge < -0.3 is 10.4 Å². The number of amides is 1. The van der Waals surface area contributed by atoms with Crippen LogP contribution in [0, 0.1) is 0 Å². The van der Waals surface area contributed by atoms with E-state index >= 15 is 0 Å². The maximum absolute atomic E-state index is 12.1. The number of Topliss-reactive ketones (excluding diaryl/α,β-unsaturated/α-hetero) is 1. The van der Waals surface area contributed by atoms with Crippen molar-refractivity contribution in [3.8, 4) is 0 Å². The van der Waals surface area contributed by atoms with Crippen LogP contribution in [0.5, 0.6) is 0 Å². The van der Waals surface area contributed by atoms with E-state index in [2.05, 4.69) is 15.3 Å². The molecule has 0 aromatic heterocycles. The van der Waals surface area contributed by atoms with E-state index in [0.717, 1.165) is 11.1 Å². The number of hydrogen-bond donors (Lipinski definition) is 2. The summed E-state index contributed by atoms with van der Waals surface area (Å²) in [6.45, 7) is 0. The maximum Gasteiger partial charge on any atom is 0.335 e. The minimum absolute atomic E-state index is 0.0345. The van der Waals surface area contributed by atoms with Crippen molar-refractivity contribution in [3.05, 3.63) is 46.7 Å². The maximum atomic E-state index is 12.1. The molecule has 3 rings (SSSR count). The fourth-order valence-electron chi connectivity index (χ4n) is 2.61. The predicted octanol–water partition coefficient (Wildman–Crippen LogP) is 1.14. The largest absolute Gasteiger partial charge is 0.478 e. The molecule has 122 valence electrons. The average Bonchev–Trinajstić information content (AvgIpc) is 2.98. The number of carbonyl (C=O) groups excluding carboxylic acids is 2. The van der Waals surface area contributed by atoms with Crippen molar-refractivity contribution in [1.82, 2.24) is 5.32 Å². The first-order valence-electron chi connectivity index (χ1n) is 7.47. The normalized spacial score (nSPS) is 18.5. The van der Waals surface area contributed by atoms with Gasteiger partial charge in [0.05, 0.1) is 17.6 Å². The molecule has 0 spiro atoms. The van der Waals surface area contributed by atoms with Crippen LogP contribution in [0.3, 0.4) is 0 Å². The minimum atomic E-state index is -0.992. The van der Waals surface area contributed by atoms with E-state index in [1.54, 1.807) is 18.3 Å². The van der Waals surface area contributed by atoms with Crippen molar-refractivity contribution < 1.29 is 19.5 Å². The number of rotatable bonds is 6. The summed E-state index contributed by atoms with van der Waals surface area (Å²) in [5.41, 5.74) is 2.38. The first kappa shape index (κ1) is 15.8. The predicted molar refractivity (Wildman–Crippen MR) is 87.3 cm³/mol. The summed E-state index contributed by atoms with van der Waals surface area (Å²) in [4.78, 5) is 42.8. The van der Waals surface area contributed by atoms with Gasteiger partial charge in [-0.1, -0.05) is 12.1 Å². The number of hydrogen-bond acceptors (Lipinski definition) is 5. The van der Waals surface area contributed by atoms with Gasteiger partial charge in [0.2, 0.25) is 0 Å². The fraction of sp³-hybridized carbons (Fsp3) is 0.235. The van der Waals surface area contributed by atoms with Crippen LogP contribution >= 0.6 is 0 Å². The summed E-state index contributed by atoms with van der Waals surface area (Å²) in [6, 6.07) is 5.67. The van der Waals surface area contributed by atoms with E-state index in [0.29, 0.717) is 18.5 Å². The Morgan fingerprint density at radius 1 is 1.21 bits per heavy atom. The number of aromatic carboxylic acids is 1. The van der Waals surface area contributed by atoms with Gasteiger partial charge in [-0.15, -0.1) is 0 Å². The van der Waals surface area contributed by atoms with Gasteiger partial charge in [0.1, 0.15) is 5.78 Å². The molecule has 0 aliphatic carbocycles. The van der Waals surface area contributed by atoms with Gasteiger partial charge in [0, 0.05) is 19.1 Å². The van der Waals surface area contributed by atoms with Crippen molar-refractivity contribution in [3.63, 3.8) is 0 Å². The van der Waals surface area contributed by atoms with Crippen molar-refractivity contribution in [2.75, 3.05) is 0 Å². The smallest absolute Gasteiger partial charge is 0.335 e.